The number of aryl methyl sites for hydroxylation is 4. The van der Waals surface area contributed by atoms with Crippen molar-refractivity contribution in [2.75, 3.05) is 32.1 Å². The van der Waals surface area contributed by atoms with Crippen molar-refractivity contribution in [3.05, 3.63) is 82.6 Å². The lowest BCUT2D eigenvalue weighted by atomic mass is 9.91. The van der Waals surface area contributed by atoms with Crippen LogP contribution in [0.3, 0.4) is 0 Å². The molecular formula is C39H51FN6O5. The molecule has 0 bridgehead atoms. The first-order valence-corrected chi connectivity index (χ1v) is 17.7. The van der Waals surface area contributed by atoms with Crippen LogP contribution in [0.4, 0.5) is 14.9 Å². The third-order valence-electron chi connectivity index (χ3n) is 9.30. The number of fused-ring (bicyclic) bond motifs is 1. The maximum absolute atomic E-state index is 15.2. The van der Waals surface area contributed by atoms with Crippen molar-refractivity contribution >= 4 is 34.5 Å². The van der Waals surface area contributed by atoms with E-state index >= 15 is 4.39 Å². The summed E-state index contributed by atoms with van der Waals surface area (Å²) in [4.78, 5) is 41.6. The summed E-state index contributed by atoms with van der Waals surface area (Å²) < 4.78 is 29.7. The summed E-state index contributed by atoms with van der Waals surface area (Å²) >= 11 is 0. The van der Waals surface area contributed by atoms with E-state index in [-0.39, 0.29) is 30.0 Å². The van der Waals surface area contributed by atoms with Crippen LogP contribution in [0, 0.1) is 19.7 Å². The van der Waals surface area contributed by atoms with E-state index in [1.54, 1.807) is 59.2 Å². The molecule has 2 aromatic carbocycles. The number of nitrogens with one attached hydrogen (secondary N) is 2. The summed E-state index contributed by atoms with van der Waals surface area (Å²) in [6.07, 6.45) is 2.30. The Kier molecular flexibility index (Phi) is 11.8. The number of anilines is 1. The Morgan fingerprint density at radius 3 is 2.51 bits per heavy atom. The van der Waals surface area contributed by atoms with Crippen molar-refractivity contribution in [3.63, 3.8) is 0 Å². The zero-order valence-electron chi connectivity index (χ0n) is 30.8. The molecule has 1 fully saturated rings. The quantitative estimate of drug-likeness (QED) is 0.160. The number of ether oxygens (including phenoxy) is 2. The lowest BCUT2D eigenvalue weighted by molar-refractivity contribution is -0.132. The van der Waals surface area contributed by atoms with Gasteiger partial charge in [-0.25, -0.2) is 9.18 Å². The minimum Gasteiger partial charge on any atom is -0.444 e. The minimum atomic E-state index is -0.704. The standard InChI is InChI=1S/C39H51FN6O5/c1-25-21-33(44(6)43-25)37(48)41-29-16-14-27(15-17-29)22-30(42-38(49)51-39(3,4)5)23-34(47)45-18-9-11-28(24-45)35-26(2)31-12-8-13-32(40)36(31)46(35)19-10-20-50-7/h8,12-17,21,28,30H,9-11,18-20,22-24H2,1-7H3,(H,41,48)(H,42,49)/t28?,30-/m1/s1. The first-order valence-electron chi connectivity index (χ1n) is 17.7. The number of carbonyl (C=O) groups is 3. The second-order valence-corrected chi connectivity index (χ2v) is 14.5. The van der Waals surface area contributed by atoms with Crippen LogP contribution in [0.5, 0.6) is 0 Å². The molecule has 2 aromatic heterocycles. The van der Waals surface area contributed by atoms with Crippen molar-refractivity contribution in [2.45, 2.75) is 90.8 Å². The number of halogens is 1. The number of methoxy groups -OCH3 is 1. The van der Waals surface area contributed by atoms with Gasteiger partial charge in [0, 0.05) is 75.5 Å². The molecule has 0 spiro atoms. The Bertz CT molecular complexity index is 1860. The SMILES string of the molecule is COCCCn1c(C2CCCN(C(=O)C[C@@H](Cc3ccc(NC(=O)c4cc(C)nn4C)cc3)NC(=O)OC(C)(C)C)C2)c(C)c2cccc(F)c21. The van der Waals surface area contributed by atoms with E-state index in [1.165, 1.54) is 10.7 Å². The molecule has 1 aliphatic rings. The monoisotopic (exact) mass is 702 g/mol. The minimum absolute atomic E-state index is 0.0346. The lowest BCUT2D eigenvalue weighted by Gasteiger charge is -2.35. The van der Waals surface area contributed by atoms with Crippen LogP contribution in [-0.2, 0) is 34.3 Å². The molecule has 1 aliphatic heterocycles. The van der Waals surface area contributed by atoms with E-state index in [2.05, 4.69) is 20.3 Å². The van der Waals surface area contributed by atoms with Crippen molar-refractivity contribution in [1.82, 2.24) is 24.6 Å². The van der Waals surface area contributed by atoms with E-state index in [4.69, 9.17) is 9.47 Å². The Hall–Kier alpha value is -4.71. The molecule has 3 heterocycles. The van der Waals surface area contributed by atoms with Crippen LogP contribution < -0.4 is 10.6 Å². The molecule has 0 saturated carbocycles. The summed E-state index contributed by atoms with van der Waals surface area (Å²) in [5, 5.41) is 11.0. The number of hydrogen-bond acceptors (Lipinski definition) is 6. The van der Waals surface area contributed by atoms with Gasteiger partial charge in [-0.05, 0) is 95.7 Å². The number of amides is 3. The van der Waals surface area contributed by atoms with E-state index in [9.17, 15) is 14.4 Å². The van der Waals surface area contributed by atoms with Crippen LogP contribution in [-0.4, -0.2) is 75.6 Å². The molecule has 11 nitrogen and oxygen atoms in total. The number of para-hydroxylation sites is 1. The number of benzene rings is 2. The number of likely N-dealkylation sites (tertiary alicyclic amines) is 1. The second kappa shape index (κ2) is 16.1. The third kappa shape index (κ3) is 9.35. The zero-order chi connectivity index (χ0) is 36.9. The maximum atomic E-state index is 15.2. The molecule has 51 heavy (non-hydrogen) atoms. The summed E-state index contributed by atoms with van der Waals surface area (Å²) in [7, 11) is 3.39. The zero-order valence-corrected chi connectivity index (χ0v) is 30.8. The predicted octanol–water partition coefficient (Wildman–Crippen LogP) is 6.65. The molecule has 2 N–H and O–H groups in total. The first kappa shape index (κ1) is 37.5. The molecule has 1 saturated heterocycles. The number of carbonyl (C=O) groups excluding carboxylic acids is 3. The van der Waals surface area contributed by atoms with Crippen molar-refractivity contribution < 1.29 is 28.2 Å². The second-order valence-electron chi connectivity index (χ2n) is 14.5. The smallest absolute Gasteiger partial charge is 0.407 e. The normalized spacial score (nSPS) is 15.5. The van der Waals surface area contributed by atoms with Crippen molar-refractivity contribution in [2.24, 2.45) is 7.05 Å². The molecule has 12 heteroatoms. The van der Waals surface area contributed by atoms with Crippen LogP contribution in [0.15, 0.2) is 48.5 Å². The Balaban J connectivity index is 1.31. The van der Waals surface area contributed by atoms with Gasteiger partial charge in [-0.1, -0.05) is 24.3 Å². The number of hydrogen-bond donors (Lipinski definition) is 2. The van der Waals surface area contributed by atoms with Gasteiger partial charge in [0.05, 0.1) is 11.2 Å². The number of piperidine rings is 1. The van der Waals surface area contributed by atoms with Gasteiger partial charge >= 0.3 is 6.09 Å². The van der Waals surface area contributed by atoms with E-state index in [1.807, 2.05) is 36.9 Å². The third-order valence-corrected chi connectivity index (χ3v) is 9.30. The van der Waals surface area contributed by atoms with Gasteiger partial charge in [-0.2, -0.15) is 5.10 Å². The van der Waals surface area contributed by atoms with E-state index < -0.39 is 17.7 Å². The van der Waals surface area contributed by atoms with Gasteiger partial charge in [-0.3, -0.25) is 14.3 Å². The van der Waals surface area contributed by atoms with Crippen LogP contribution in [0.25, 0.3) is 10.9 Å². The van der Waals surface area contributed by atoms with E-state index in [0.29, 0.717) is 49.6 Å². The van der Waals surface area contributed by atoms with Crippen LogP contribution in [0.1, 0.15) is 85.4 Å². The number of rotatable bonds is 12. The summed E-state index contributed by atoms with van der Waals surface area (Å²) in [5.41, 5.74) is 4.71. The van der Waals surface area contributed by atoms with Crippen molar-refractivity contribution in [1.29, 1.82) is 0 Å². The highest BCUT2D eigenvalue weighted by molar-refractivity contribution is 6.03. The molecule has 1 unspecified atom stereocenters. The largest absolute Gasteiger partial charge is 0.444 e. The fourth-order valence-electron chi connectivity index (χ4n) is 7.12. The topological polar surface area (TPSA) is 120 Å². The maximum Gasteiger partial charge on any atom is 0.407 e. The van der Waals surface area contributed by atoms with E-state index in [0.717, 1.165) is 47.2 Å². The van der Waals surface area contributed by atoms with Gasteiger partial charge in [-0.15, -0.1) is 0 Å². The molecule has 2 atom stereocenters. The highest BCUT2D eigenvalue weighted by atomic mass is 19.1. The summed E-state index contributed by atoms with van der Waals surface area (Å²) in [6, 6.07) is 13.7. The van der Waals surface area contributed by atoms with Gasteiger partial charge < -0.3 is 29.6 Å². The average Bonchev–Trinajstić information content (AvgIpc) is 3.56. The van der Waals surface area contributed by atoms with Gasteiger partial charge in [0.1, 0.15) is 17.1 Å². The number of alkyl carbamates (subject to hydrolysis) is 1. The molecule has 0 radical (unpaired) electrons. The summed E-state index contributed by atoms with van der Waals surface area (Å²) in [6.45, 7) is 11.6. The molecule has 0 aliphatic carbocycles. The number of aromatic nitrogens is 3. The lowest BCUT2D eigenvalue weighted by Crippen LogP contribution is -2.46. The van der Waals surface area contributed by atoms with Gasteiger partial charge in [0.2, 0.25) is 5.91 Å². The highest BCUT2D eigenvalue weighted by Crippen LogP contribution is 2.37. The molecule has 274 valence electrons. The predicted molar refractivity (Wildman–Crippen MR) is 195 cm³/mol. The van der Waals surface area contributed by atoms with Gasteiger partial charge in [0.15, 0.2) is 0 Å². The highest BCUT2D eigenvalue weighted by Gasteiger charge is 2.31. The molecule has 3 amide bonds. The fourth-order valence-corrected chi connectivity index (χ4v) is 7.12. The Labute approximate surface area is 299 Å². The molecule has 5 rings (SSSR count). The van der Waals surface area contributed by atoms with Crippen molar-refractivity contribution in [3.8, 4) is 0 Å². The Morgan fingerprint density at radius 2 is 1.84 bits per heavy atom. The fraction of sp³-hybridized carbons (Fsp3) is 0.487. The van der Waals surface area contributed by atoms with Crippen LogP contribution in [0.2, 0.25) is 0 Å². The average molecular weight is 703 g/mol. The summed E-state index contributed by atoms with van der Waals surface area (Å²) in [5.74, 6) is -0.552. The first-order chi connectivity index (χ1) is 24.2. The molecule has 4 aromatic rings. The van der Waals surface area contributed by atoms with Gasteiger partial charge in [0.25, 0.3) is 5.91 Å². The van der Waals surface area contributed by atoms with Crippen LogP contribution >= 0.6 is 0 Å². The Morgan fingerprint density at radius 1 is 1.10 bits per heavy atom. The molecular weight excluding hydrogens is 651 g/mol. The number of nitrogens with zero attached hydrogens (tertiary/aromatic N) is 4.